The second-order valence-electron chi connectivity index (χ2n) is 7.80. The third-order valence-corrected chi connectivity index (χ3v) is 7.51. The molecule has 1 unspecified atom stereocenters. The summed E-state index contributed by atoms with van der Waals surface area (Å²) in [4.78, 5) is 19.6. The molecule has 28 heavy (non-hydrogen) atoms. The predicted molar refractivity (Wildman–Crippen MR) is 126 cm³/mol. The van der Waals surface area contributed by atoms with E-state index in [1.807, 2.05) is 47.6 Å². The van der Waals surface area contributed by atoms with Gasteiger partial charge >= 0.3 is 0 Å². The fraction of sp³-hybridized carbons (Fsp3) is 0.455. The second kappa shape index (κ2) is 9.10. The van der Waals surface area contributed by atoms with E-state index in [-0.39, 0.29) is 10.7 Å². The van der Waals surface area contributed by atoms with E-state index in [0.29, 0.717) is 5.92 Å². The number of fused-ring (bicyclic) bond motifs is 1. The van der Waals surface area contributed by atoms with Crippen molar-refractivity contribution in [3.8, 4) is 0 Å². The molecule has 0 saturated carbocycles. The zero-order chi connectivity index (χ0) is 20.3. The fourth-order valence-corrected chi connectivity index (χ4v) is 5.86. The minimum absolute atomic E-state index is 0.0609. The fourth-order valence-electron chi connectivity index (χ4n) is 3.88. The molecular formula is C22H27ClN2OS2. The van der Waals surface area contributed by atoms with Crippen molar-refractivity contribution < 1.29 is 4.79 Å². The minimum Gasteiger partial charge on any atom is -0.281 e. The first-order valence-electron chi connectivity index (χ1n) is 9.63. The Morgan fingerprint density at radius 1 is 1.29 bits per heavy atom. The number of benzene rings is 2. The number of carbonyl (C=O) groups is 1. The highest BCUT2D eigenvalue weighted by Gasteiger charge is 2.39. The van der Waals surface area contributed by atoms with Crippen molar-refractivity contribution >= 4 is 62.0 Å². The Hall–Kier alpha value is -1.17. The summed E-state index contributed by atoms with van der Waals surface area (Å²) in [5, 5.41) is 3.56. The third kappa shape index (κ3) is 4.52. The molecule has 0 radical (unpaired) electrons. The number of rotatable bonds is 4. The van der Waals surface area contributed by atoms with Crippen LogP contribution in [0.3, 0.4) is 0 Å². The number of nitrogens with zero attached hydrogens (tertiary/aromatic N) is 2. The molecule has 1 aliphatic heterocycles. The maximum absolute atomic E-state index is 12.7. The molecule has 2 aromatic carbocycles. The highest BCUT2D eigenvalue weighted by Crippen LogP contribution is 2.42. The van der Waals surface area contributed by atoms with Crippen molar-refractivity contribution in [3.63, 3.8) is 0 Å². The highest BCUT2D eigenvalue weighted by molar-refractivity contribution is 8.15. The van der Waals surface area contributed by atoms with Gasteiger partial charge in [0, 0.05) is 28.1 Å². The van der Waals surface area contributed by atoms with Crippen molar-refractivity contribution in [2.45, 2.75) is 33.6 Å². The van der Waals surface area contributed by atoms with E-state index < -0.39 is 0 Å². The monoisotopic (exact) mass is 434 g/mol. The Morgan fingerprint density at radius 3 is 2.64 bits per heavy atom. The molecule has 2 aromatic rings. The van der Waals surface area contributed by atoms with E-state index in [9.17, 15) is 4.79 Å². The first kappa shape index (κ1) is 21.5. The van der Waals surface area contributed by atoms with Crippen LogP contribution >= 0.6 is 35.1 Å². The van der Waals surface area contributed by atoms with Crippen LogP contribution in [0.4, 0.5) is 10.5 Å². The smallest absolute Gasteiger partial charge is 0.281 e. The average molecular weight is 435 g/mol. The average Bonchev–Trinajstić information content (AvgIpc) is 2.70. The lowest BCUT2D eigenvalue weighted by molar-refractivity contribution is 0.190. The van der Waals surface area contributed by atoms with Gasteiger partial charge in [0.15, 0.2) is 5.17 Å². The van der Waals surface area contributed by atoms with Crippen molar-refractivity contribution in [3.05, 3.63) is 41.4 Å². The summed E-state index contributed by atoms with van der Waals surface area (Å²) in [5.74, 6) is 1.59. The van der Waals surface area contributed by atoms with Crippen LogP contribution in [0.5, 0.6) is 0 Å². The zero-order valence-electron chi connectivity index (χ0n) is 16.9. The number of thioether (sulfide) groups is 2. The van der Waals surface area contributed by atoms with Crippen molar-refractivity contribution in [2.75, 3.05) is 18.6 Å². The van der Waals surface area contributed by atoms with Crippen molar-refractivity contribution in [1.82, 2.24) is 4.90 Å². The maximum atomic E-state index is 12.7. The number of amidine groups is 1. The number of hydrogen-bond acceptors (Lipinski definition) is 4. The number of hydrogen-bond donors (Lipinski definition) is 0. The molecule has 1 heterocycles. The first-order valence-corrected chi connectivity index (χ1v) is 12.2. The van der Waals surface area contributed by atoms with E-state index in [1.165, 1.54) is 11.8 Å². The molecule has 6 heteroatoms. The summed E-state index contributed by atoms with van der Waals surface area (Å²) in [6.07, 6.45) is 4.02. The molecular weight excluding hydrogens is 408 g/mol. The van der Waals surface area contributed by atoms with E-state index in [2.05, 4.69) is 20.8 Å². The number of amides is 1. The van der Waals surface area contributed by atoms with Gasteiger partial charge in [-0.3, -0.25) is 9.69 Å². The lowest BCUT2D eigenvalue weighted by atomic mass is 9.79. The van der Waals surface area contributed by atoms with Gasteiger partial charge in [-0.25, -0.2) is 4.99 Å². The Balaban J connectivity index is 2.01. The Morgan fingerprint density at radius 2 is 2.00 bits per heavy atom. The molecule has 3 nitrogen and oxygen atoms in total. The molecule has 0 aromatic heterocycles. The van der Waals surface area contributed by atoms with Gasteiger partial charge < -0.3 is 0 Å². The predicted octanol–water partition coefficient (Wildman–Crippen LogP) is 7.46. The van der Waals surface area contributed by atoms with Gasteiger partial charge in [-0.15, -0.1) is 0 Å². The third-order valence-electron chi connectivity index (χ3n) is 5.28. The van der Waals surface area contributed by atoms with Crippen LogP contribution in [-0.2, 0) is 0 Å². The largest absolute Gasteiger partial charge is 0.287 e. The van der Waals surface area contributed by atoms with Crippen LogP contribution in [-0.4, -0.2) is 33.9 Å². The molecule has 1 fully saturated rings. The molecule has 3 rings (SSSR count). The SMILES string of the molecule is CCC1(CC(C)C)CSC(=Nc2ccc(Cl)c3ccccc23)N(C(=O)SC)C1. The molecule has 0 aliphatic carbocycles. The van der Waals surface area contributed by atoms with Crippen LogP contribution in [0.2, 0.25) is 5.02 Å². The lowest BCUT2D eigenvalue weighted by Crippen LogP contribution is -2.48. The van der Waals surface area contributed by atoms with Crippen LogP contribution in [0.1, 0.15) is 33.6 Å². The van der Waals surface area contributed by atoms with Crippen molar-refractivity contribution in [1.29, 1.82) is 0 Å². The lowest BCUT2D eigenvalue weighted by Gasteiger charge is -2.43. The molecule has 150 valence electrons. The zero-order valence-corrected chi connectivity index (χ0v) is 19.3. The Labute approximate surface area is 181 Å². The van der Waals surface area contributed by atoms with E-state index in [4.69, 9.17) is 16.6 Å². The van der Waals surface area contributed by atoms with Gasteiger partial charge in [-0.2, -0.15) is 0 Å². The van der Waals surface area contributed by atoms with Crippen molar-refractivity contribution in [2.24, 2.45) is 16.3 Å². The van der Waals surface area contributed by atoms with Gasteiger partial charge in [0.1, 0.15) is 0 Å². The first-order chi connectivity index (χ1) is 13.4. The minimum atomic E-state index is 0.0609. The topological polar surface area (TPSA) is 32.7 Å². The number of carbonyl (C=O) groups excluding carboxylic acids is 1. The second-order valence-corrected chi connectivity index (χ2v) is 9.91. The molecule has 0 N–H and O–H groups in total. The Kier molecular flexibility index (Phi) is 7.00. The number of aliphatic imine (C=N–C) groups is 1. The summed E-state index contributed by atoms with van der Waals surface area (Å²) in [7, 11) is 0. The van der Waals surface area contributed by atoms with Gasteiger partial charge in [0.05, 0.1) is 5.69 Å². The summed E-state index contributed by atoms with van der Waals surface area (Å²) in [6, 6.07) is 11.8. The van der Waals surface area contributed by atoms with Gasteiger partial charge in [-0.1, -0.05) is 80.2 Å². The van der Waals surface area contributed by atoms with E-state index in [1.54, 1.807) is 11.8 Å². The molecule has 1 atom stereocenters. The van der Waals surface area contributed by atoms with E-state index >= 15 is 0 Å². The maximum Gasteiger partial charge on any atom is 0.287 e. The molecule has 1 amide bonds. The molecule has 1 saturated heterocycles. The van der Waals surface area contributed by atoms with Crippen LogP contribution in [0, 0.1) is 11.3 Å². The van der Waals surface area contributed by atoms with Gasteiger partial charge in [0.2, 0.25) is 0 Å². The summed E-state index contributed by atoms with van der Waals surface area (Å²) in [6.45, 7) is 7.48. The molecule has 0 bridgehead atoms. The van der Waals surface area contributed by atoms with Gasteiger partial charge in [0.25, 0.3) is 5.24 Å². The summed E-state index contributed by atoms with van der Waals surface area (Å²) < 4.78 is 0. The van der Waals surface area contributed by atoms with Crippen LogP contribution < -0.4 is 0 Å². The number of halogens is 1. The molecule has 1 aliphatic rings. The van der Waals surface area contributed by atoms with Gasteiger partial charge in [-0.05, 0) is 42.6 Å². The summed E-state index contributed by atoms with van der Waals surface area (Å²) in [5.41, 5.74) is 1.000. The highest BCUT2D eigenvalue weighted by atomic mass is 35.5. The quantitative estimate of drug-likeness (QED) is 0.500. The van der Waals surface area contributed by atoms with E-state index in [0.717, 1.165) is 51.8 Å². The standard InChI is InChI=1S/C22H27ClN2OS2/c1-5-22(12-15(2)3)13-25(21(26)27-4)20(28-14-22)24-19-11-10-18(23)16-8-6-7-9-17(16)19/h6-11,15H,5,12-14H2,1-4H3. The normalized spacial score (nSPS) is 21.6. The molecule has 0 spiro atoms. The summed E-state index contributed by atoms with van der Waals surface area (Å²) >= 11 is 9.31. The van der Waals surface area contributed by atoms with Crippen LogP contribution in [0.15, 0.2) is 41.4 Å². The van der Waals surface area contributed by atoms with Crippen LogP contribution in [0.25, 0.3) is 10.8 Å². The Bertz CT molecular complexity index is 899.